The van der Waals surface area contributed by atoms with Crippen LogP contribution >= 0.6 is 11.6 Å². The number of hydrogen-bond donors (Lipinski definition) is 3. The zero-order valence-electron chi connectivity index (χ0n) is 10.2. The molecular formula is C13H13ClN2O3. The summed E-state index contributed by atoms with van der Waals surface area (Å²) in [6.07, 6.45) is 4.95. The minimum atomic E-state index is -1.18. The fraction of sp³-hybridized carbons (Fsp3) is 0.231. The first-order chi connectivity index (χ1) is 8.93. The van der Waals surface area contributed by atoms with Crippen molar-refractivity contribution in [2.75, 3.05) is 5.32 Å². The third-order valence-corrected chi connectivity index (χ3v) is 2.61. The van der Waals surface area contributed by atoms with Crippen LogP contribution in [0.25, 0.3) is 0 Å². The van der Waals surface area contributed by atoms with Gasteiger partial charge < -0.3 is 15.7 Å². The Balaban J connectivity index is 2.72. The highest BCUT2D eigenvalue weighted by Gasteiger charge is 2.18. The fourth-order valence-electron chi connectivity index (χ4n) is 1.36. The molecule has 0 saturated heterocycles. The maximum atomic E-state index is 11.7. The minimum Gasteiger partial charge on any atom is -0.480 e. The Labute approximate surface area is 116 Å². The molecule has 6 heteroatoms. The van der Waals surface area contributed by atoms with E-state index in [0.717, 1.165) is 5.56 Å². The van der Waals surface area contributed by atoms with Crippen LogP contribution in [0.1, 0.15) is 12.0 Å². The number of anilines is 1. The highest BCUT2D eigenvalue weighted by Crippen LogP contribution is 2.19. The zero-order chi connectivity index (χ0) is 14.4. The topological polar surface area (TPSA) is 78.4 Å². The molecule has 1 aromatic rings. The van der Waals surface area contributed by atoms with Gasteiger partial charge in [-0.05, 0) is 24.6 Å². The molecule has 0 bridgehead atoms. The van der Waals surface area contributed by atoms with Gasteiger partial charge in [0.05, 0.1) is 0 Å². The van der Waals surface area contributed by atoms with Crippen molar-refractivity contribution < 1.29 is 14.7 Å². The average molecular weight is 281 g/mol. The molecule has 1 rings (SSSR count). The molecule has 100 valence electrons. The van der Waals surface area contributed by atoms with E-state index in [0.29, 0.717) is 10.7 Å². The lowest BCUT2D eigenvalue weighted by molar-refractivity contribution is -0.139. The van der Waals surface area contributed by atoms with Crippen LogP contribution in [0.15, 0.2) is 18.2 Å². The number of aliphatic carboxylic acids is 1. The number of nitrogens with one attached hydrogen (secondary N) is 2. The summed E-state index contributed by atoms with van der Waals surface area (Å²) in [5.41, 5.74) is 1.32. The summed E-state index contributed by atoms with van der Waals surface area (Å²) in [6, 6.07) is 3.25. The first kappa shape index (κ1) is 14.9. The van der Waals surface area contributed by atoms with Crippen molar-refractivity contribution in [3.05, 3.63) is 28.8 Å². The van der Waals surface area contributed by atoms with Gasteiger partial charge in [0.25, 0.3) is 0 Å². The van der Waals surface area contributed by atoms with E-state index >= 15 is 0 Å². The number of carbonyl (C=O) groups is 2. The largest absolute Gasteiger partial charge is 0.480 e. The number of hydrogen-bond acceptors (Lipinski definition) is 2. The summed E-state index contributed by atoms with van der Waals surface area (Å²) >= 11 is 5.81. The maximum Gasteiger partial charge on any atom is 0.327 e. The number of carbonyl (C=O) groups excluding carboxylic acids is 1. The molecule has 5 nitrogen and oxygen atoms in total. The second-order valence-electron chi connectivity index (χ2n) is 3.86. The van der Waals surface area contributed by atoms with E-state index in [2.05, 4.69) is 16.6 Å². The van der Waals surface area contributed by atoms with Gasteiger partial charge in [0.1, 0.15) is 6.04 Å². The number of aryl methyl sites for hydroxylation is 1. The highest BCUT2D eigenvalue weighted by atomic mass is 35.5. The number of terminal acetylenes is 1. The van der Waals surface area contributed by atoms with E-state index in [1.165, 1.54) is 0 Å². The van der Waals surface area contributed by atoms with Gasteiger partial charge in [-0.15, -0.1) is 12.3 Å². The smallest absolute Gasteiger partial charge is 0.327 e. The molecule has 1 aromatic carbocycles. The zero-order valence-corrected chi connectivity index (χ0v) is 11.0. The summed E-state index contributed by atoms with van der Waals surface area (Å²) in [5.74, 6) is 1.01. The number of urea groups is 1. The van der Waals surface area contributed by atoms with E-state index in [-0.39, 0.29) is 6.42 Å². The van der Waals surface area contributed by atoms with E-state index < -0.39 is 18.0 Å². The quantitative estimate of drug-likeness (QED) is 0.740. The molecule has 0 heterocycles. The van der Waals surface area contributed by atoms with Crippen LogP contribution in [-0.2, 0) is 4.79 Å². The van der Waals surface area contributed by atoms with Crippen molar-refractivity contribution in [1.29, 1.82) is 0 Å². The summed E-state index contributed by atoms with van der Waals surface area (Å²) in [7, 11) is 0. The van der Waals surface area contributed by atoms with Crippen molar-refractivity contribution >= 4 is 29.3 Å². The second kappa shape index (κ2) is 6.66. The summed E-state index contributed by atoms with van der Waals surface area (Å²) in [5, 5.41) is 14.1. The van der Waals surface area contributed by atoms with Crippen LogP contribution in [0, 0.1) is 19.3 Å². The van der Waals surface area contributed by atoms with Gasteiger partial charge in [0.15, 0.2) is 0 Å². The Morgan fingerprint density at radius 2 is 2.21 bits per heavy atom. The molecule has 0 radical (unpaired) electrons. The van der Waals surface area contributed by atoms with Gasteiger partial charge in [-0.1, -0.05) is 17.7 Å². The molecule has 3 N–H and O–H groups in total. The van der Waals surface area contributed by atoms with Gasteiger partial charge in [0.2, 0.25) is 0 Å². The van der Waals surface area contributed by atoms with Crippen molar-refractivity contribution in [1.82, 2.24) is 5.32 Å². The number of amides is 2. The van der Waals surface area contributed by atoms with Crippen molar-refractivity contribution in [3.8, 4) is 12.3 Å². The van der Waals surface area contributed by atoms with Crippen LogP contribution in [-0.4, -0.2) is 23.1 Å². The third-order valence-electron chi connectivity index (χ3n) is 2.37. The first-order valence-corrected chi connectivity index (χ1v) is 5.81. The molecular weight excluding hydrogens is 268 g/mol. The summed E-state index contributed by atoms with van der Waals surface area (Å²) in [6.45, 7) is 1.79. The number of benzene rings is 1. The van der Waals surface area contributed by atoms with Crippen LogP contribution in [0.3, 0.4) is 0 Å². The van der Waals surface area contributed by atoms with E-state index in [9.17, 15) is 9.59 Å². The number of carboxylic acid groups (broad SMARTS) is 1. The Bertz CT molecular complexity index is 537. The standard InChI is InChI=1S/C13H13ClN2O3/c1-3-4-10(12(17)18)15-13(19)16-11-7-9(14)6-5-8(11)2/h1,5-7,10H,4H2,2H3,(H,17,18)(H2,15,16,19). The lowest BCUT2D eigenvalue weighted by atomic mass is 10.2. The molecule has 1 unspecified atom stereocenters. The summed E-state index contributed by atoms with van der Waals surface area (Å²) < 4.78 is 0. The maximum absolute atomic E-state index is 11.7. The molecule has 2 amide bonds. The SMILES string of the molecule is C#CCC(NC(=O)Nc1cc(Cl)ccc1C)C(=O)O. The van der Waals surface area contributed by atoms with E-state index in [1.54, 1.807) is 25.1 Å². The van der Waals surface area contributed by atoms with Gasteiger partial charge in [-0.25, -0.2) is 9.59 Å². The van der Waals surface area contributed by atoms with Gasteiger partial charge in [-0.2, -0.15) is 0 Å². The van der Waals surface area contributed by atoms with Crippen LogP contribution in [0.4, 0.5) is 10.5 Å². The third kappa shape index (κ3) is 4.53. The summed E-state index contributed by atoms with van der Waals surface area (Å²) in [4.78, 5) is 22.5. The van der Waals surface area contributed by atoms with Gasteiger partial charge >= 0.3 is 12.0 Å². The Hall–Kier alpha value is -2.19. The molecule has 19 heavy (non-hydrogen) atoms. The molecule has 0 aliphatic carbocycles. The minimum absolute atomic E-state index is 0.0860. The predicted octanol–water partition coefficient (Wildman–Crippen LogP) is 2.25. The first-order valence-electron chi connectivity index (χ1n) is 5.44. The van der Waals surface area contributed by atoms with E-state index in [4.69, 9.17) is 23.1 Å². The van der Waals surface area contributed by atoms with Crippen LogP contribution in [0.5, 0.6) is 0 Å². The Morgan fingerprint density at radius 1 is 1.53 bits per heavy atom. The average Bonchev–Trinajstić information content (AvgIpc) is 2.33. The molecule has 0 aliphatic heterocycles. The lowest BCUT2D eigenvalue weighted by Crippen LogP contribution is -2.42. The molecule has 0 fully saturated rings. The predicted molar refractivity (Wildman–Crippen MR) is 73.2 cm³/mol. The van der Waals surface area contributed by atoms with Crippen molar-refractivity contribution in [2.24, 2.45) is 0 Å². The van der Waals surface area contributed by atoms with Gasteiger partial charge in [-0.3, -0.25) is 0 Å². The number of carboxylic acids is 1. The van der Waals surface area contributed by atoms with Gasteiger partial charge in [0, 0.05) is 17.1 Å². The Morgan fingerprint density at radius 3 is 2.79 bits per heavy atom. The fourth-order valence-corrected chi connectivity index (χ4v) is 1.54. The number of rotatable bonds is 4. The lowest BCUT2D eigenvalue weighted by Gasteiger charge is -2.14. The van der Waals surface area contributed by atoms with Crippen molar-refractivity contribution in [2.45, 2.75) is 19.4 Å². The number of halogens is 1. The normalized spacial score (nSPS) is 11.2. The molecule has 0 saturated carbocycles. The highest BCUT2D eigenvalue weighted by molar-refractivity contribution is 6.31. The van der Waals surface area contributed by atoms with E-state index in [1.807, 2.05) is 0 Å². The molecule has 1 atom stereocenters. The molecule has 0 aliphatic rings. The molecule has 0 aromatic heterocycles. The Kier molecular flexibility index (Phi) is 5.22. The van der Waals surface area contributed by atoms with Crippen LogP contribution in [0.2, 0.25) is 5.02 Å². The second-order valence-corrected chi connectivity index (χ2v) is 4.29. The van der Waals surface area contributed by atoms with Crippen LogP contribution < -0.4 is 10.6 Å². The van der Waals surface area contributed by atoms with Crippen molar-refractivity contribution in [3.63, 3.8) is 0 Å². The molecule has 0 spiro atoms. The monoisotopic (exact) mass is 280 g/mol.